The second-order valence-electron chi connectivity index (χ2n) is 10.1. The van der Waals surface area contributed by atoms with E-state index in [9.17, 15) is 0 Å². The molecule has 1 nitrogen and oxygen atoms in total. The molecular formula is C27H39ClFeNPPd. The van der Waals surface area contributed by atoms with Crippen LogP contribution in [0.1, 0.15) is 51.4 Å². The molecule has 182 valence electrons. The molecule has 5 heteroatoms. The number of nitrogens with zero attached hydrogens (tertiary/aromatic N) is 1. The second-order valence-corrected chi connectivity index (χ2v) is 11.9. The Hall–Kier alpha value is 0.732. The molecule has 7 atom stereocenters. The van der Waals surface area contributed by atoms with Crippen molar-refractivity contribution in [1.82, 2.24) is 4.90 Å². The first-order chi connectivity index (χ1) is 14.2. The van der Waals surface area contributed by atoms with E-state index in [2.05, 4.69) is 31.1 Å². The zero-order valence-corrected chi connectivity index (χ0v) is 23.9. The van der Waals surface area contributed by atoms with Crippen LogP contribution in [0.4, 0.5) is 0 Å². The van der Waals surface area contributed by atoms with E-state index in [1.807, 2.05) is 43.2 Å². The maximum absolute atomic E-state index is 3.13. The Labute approximate surface area is 230 Å². The number of rotatable bonds is 4. The van der Waals surface area contributed by atoms with Crippen molar-refractivity contribution in [2.75, 3.05) is 20.6 Å². The van der Waals surface area contributed by atoms with Gasteiger partial charge in [0.1, 0.15) is 0 Å². The van der Waals surface area contributed by atoms with Gasteiger partial charge >= 0.3 is 20.4 Å². The first-order valence-corrected chi connectivity index (χ1v) is 13.0. The summed E-state index contributed by atoms with van der Waals surface area (Å²) >= 11 is 0. The molecule has 0 spiro atoms. The van der Waals surface area contributed by atoms with Crippen LogP contribution in [-0.2, 0) is 37.5 Å². The van der Waals surface area contributed by atoms with Gasteiger partial charge in [0.15, 0.2) is 0 Å². The quantitative estimate of drug-likeness (QED) is 0.206. The molecule has 3 unspecified atom stereocenters. The minimum Gasteiger partial charge on any atom is -1.00 e. The van der Waals surface area contributed by atoms with Gasteiger partial charge in [0, 0.05) is 30.0 Å². The molecule has 0 heterocycles. The Balaban J connectivity index is 0.000000262. The average Bonchev–Trinajstić information content (AvgIpc) is 3.54. The van der Waals surface area contributed by atoms with Crippen LogP contribution < -0.4 is 12.4 Å². The van der Waals surface area contributed by atoms with Crippen LogP contribution in [0.3, 0.4) is 0 Å². The van der Waals surface area contributed by atoms with E-state index in [1.165, 1.54) is 49.1 Å². The Kier molecular flexibility index (Phi) is 15.1. The van der Waals surface area contributed by atoms with Gasteiger partial charge in [0.05, 0.1) is 0 Å². The number of halogens is 1. The molecule has 6 aliphatic carbocycles. The van der Waals surface area contributed by atoms with E-state index >= 15 is 0 Å². The van der Waals surface area contributed by atoms with Gasteiger partial charge in [0.2, 0.25) is 0 Å². The maximum atomic E-state index is 3.13. The van der Waals surface area contributed by atoms with E-state index in [0.717, 1.165) is 6.54 Å². The summed E-state index contributed by atoms with van der Waals surface area (Å²) in [4.78, 5) is 2.13. The van der Waals surface area contributed by atoms with Crippen LogP contribution in [0, 0.1) is 42.9 Å². The third-order valence-corrected chi connectivity index (χ3v) is 9.88. The summed E-state index contributed by atoms with van der Waals surface area (Å²) in [6.07, 6.45) is 28.9. The van der Waals surface area contributed by atoms with E-state index in [4.69, 9.17) is 0 Å². The van der Waals surface area contributed by atoms with E-state index in [0.29, 0.717) is 0 Å². The summed E-state index contributed by atoms with van der Waals surface area (Å²) in [6, 6.07) is 0. The van der Waals surface area contributed by atoms with Gasteiger partial charge in [0.25, 0.3) is 0 Å². The normalized spacial score (nSPS) is 34.3. The Bertz CT molecular complexity index is 637. The minimum atomic E-state index is 0. The molecule has 32 heavy (non-hydrogen) atoms. The number of likely N-dealkylation sites (N-methyl/N-ethyl adjacent to an activating group) is 1. The van der Waals surface area contributed by atoms with Crippen molar-refractivity contribution in [3.63, 3.8) is 0 Å². The molecular weight excluding hydrogens is 567 g/mol. The zero-order valence-electron chi connectivity index (χ0n) is 19.4. The molecule has 0 saturated heterocycles. The van der Waals surface area contributed by atoms with Crippen molar-refractivity contribution in [3.8, 4) is 0 Å². The predicted molar refractivity (Wildman–Crippen MR) is 128 cm³/mol. The zero-order chi connectivity index (χ0) is 20.1. The van der Waals surface area contributed by atoms with Crippen molar-refractivity contribution in [2.24, 2.45) is 23.7 Å². The monoisotopic (exact) mass is 605 g/mol. The van der Waals surface area contributed by atoms with E-state index < -0.39 is 0 Å². The number of allylic oxidation sites excluding steroid dienone is 4. The van der Waals surface area contributed by atoms with Crippen LogP contribution in [0.2, 0.25) is 0 Å². The molecule has 4 fully saturated rings. The molecule has 2 radical (unpaired) electrons. The Morgan fingerprint density at radius 3 is 1.78 bits per heavy atom. The summed E-state index contributed by atoms with van der Waals surface area (Å²) in [5.74, 6) is 4.72. The Morgan fingerprint density at radius 2 is 1.47 bits per heavy atom. The molecule has 0 aromatic heterocycles. The maximum Gasteiger partial charge on any atom is 2.00 e. The fourth-order valence-electron chi connectivity index (χ4n) is 6.30. The number of hydrogen-bond donors (Lipinski definition) is 0. The summed E-state index contributed by atoms with van der Waals surface area (Å²) < 4.78 is 0. The van der Waals surface area contributed by atoms with Gasteiger partial charge in [-0.05, 0) is 87.6 Å². The average molecular weight is 606 g/mol. The van der Waals surface area contributed by atoms with Crippen molar-refractivity contribution in [2.45, 2.75) is 62.7 Å². The van der Waals surface area contributed by atoms with Crippen molar-refractivity contribution >= 4 is 8.58 Å². The minimum absolute atomic E-state index is 0. The molecule has 0 aromatic rings. The summed E-state index contributed by atoms with van der Waals surface area (Å²) in [7, 11) is 5.49. The SMILES string of the molecule is C1C[C@@H]2C[C@H]1CC2PC1C[C@@H]2CC[C@H]1C2.CN(C)CC1=C=C[CH-][CH]1.[CH]1C=CC=C1.[Cl-].[Fe].[Pd+2]. The molecule has 6 rings (SSSR count). The van der Waals surface area contributed by atoms with E-state index in [1.54, 1.807) is 51.4 Å². The third kappa shape index (κ3) is 9.07. The first-order valence-electron chi connectivity index (χ1n) is 11.9. The van der Waals surface area contributed by atoms with Crippen molar-refractivity contribution < 1.29 is 49.9 Å². The molecule has 4 saturated carbocycles. The summed E-state index contributed by atoms with van der Waals surface area (Å²) in [6.45, 7) is 0.993. The summed E-state index contributed by atoms with van der Waals surface area (Å²) in [5.41, 5.74) is 6.79. The van der Waals surface area contributed by atoms with Crippen LogP contribution in [0.25, 0.3) is 0 Å². The van der Waals surface area contributed by atoms with Crippen molar-refractivity contribution in [3.05, 3.63) is 60.9 Å². The van der Waals surface area contributed by atoms with Gasteiger partial charge in [-0.1, -0.05) is 43.6 Å². The summed E-state index contributed by atoms with van der Waals surface area (Å²) in [5, 5.41) is 0. The molecule has 0 aromatic carbocycles. The number of fused-ring (bicyclic) bond motifs is 4. The van der Waals surface area contributed by atoms with Crippen LogP contribution in [0.5, 0.6) is 0 Å². The first kappa shape index (κ1) is 30.8. The fourth-order valence-corrected chi connectivity index (χ4v) is 8.94. The standard InChI is InChI=1S/C14H23P.C8H11N.C5H5.ClH.Fe.Pd/c1-3-11-5-9(1)7-13(11)15-14-8-10-2-4-12(14)6-10;1-9(2)7-8-5-3-4-6-8;1-2-4-5-3-1;;;/h9-15H,1-8H2;3-5H,7H2,1-2H3;1-5H;1H;;/q;-1;;;;+2/p-1/t9-,10+,11+,12-,13?,14?;;;;;. The van der Waals surface area contributed by atoms with Gasteiger partial charge in [-0.2, -0.15) is 0 Å². The molecule has 4 bridgehead atoms. The van der Waals surface area contributed by atoms with Crippen molar-refractivity contribution in [1.29, 1.82) is 0 Å². The van der Waals surface area contributed by atoms with Gasteiger partial charge < -0.3 is 23.0 Å². The third-order valence-electron chi connectivity index (χ3n) is 7.61. The van der Waals surface area contributed by atoms with Gasteiger partial charge in [-0.3, -0.25) is 0 Å². The van der Waals surface area contributed by atoms with Crippen LogP contribution in [0.15, 0.2) is 41.7 Å². The molecule has 0 aliphatic heterocycles. The smallest absolute Gasteiger partial charge is 1.00 e. The van der Waals surface area contributed by atoms with E-state index in [-0.39, 0.29) is 49.9 Å². The van der Waals surface area contributed by atoms with Gasteiger partial charge in [-0.15, -0.1) is 14.2 Å². The largest absolute Gasteiger partial charge is 2.00 e. The second kappa shape index (κ2) is 15.7. The van der Waals surface area contributed by atoms with Crippen LogP contribution in [-0.4, -0.2) is 36.9 Å². The molecule has 0 amide bonds. The Morgan fingerprint density at radius 1 is 0.906 bits per heavy atom. The fraction of sp³-hybridized carbons (Fsp3) is 0.630. The molecule has 0 N–H and O–H groups in total. The predicted octanol–water partition coefficient (Wildman–Crippen LogP) is 3.41. The van der Waals surface area contributed by atoms with Gasteiger partial charge in [-0.25, -0.2) is 12.5 Å². The molecule has 6 aliphatic rings. The topological polar surface area (TPSA) is 3.24 Å². The number of hydrogen-bond acceptors (Lipinski definition) is 1. The van der Waals surface area contributed by atoms with Crippen LogP contribution >= 0.6 is 8.58 Å².